The number of rotatable bonds is 4. The van der Waals surface area contributed by atoms with E-state index in [9.17, 15) is 13.6 Å². The molecule has 0 bridgehead atoms. The summed E-state index contributed by atoms with van der Waals surface area (Å²) in [4.78, 5) is 12.4. The van der Waals surface area contributed by atoms with Crippen LogP contribution >= 0.6 is 0 Å². The first kappa shape index (κ1) is 14.8. The topological polar surface area (TPSA) is 35.5 Å². The third kappa shape index (κ3) is 3.26. The van der Waals surface area contributed by atoms with Crippen LogP contribution in [-0.4, -0.2) is 25.9 Å². The Kier molecular flexibility index (Phi) is 4.26. The molecule has 0 N–H and O–H groups in total. The summed E-state index contributed by atoms with van der Waals surface area (Å²) < 4.78 is 36.5. The second-order valence-corrected chi connectivity index (χ2v) is 5.10. The van der Waals surface area contributed by atoms with Crippen LogP contribution in [-0.2, 0) is 0 Å². The van der Waals surface area contributed by atoms with E-state index in [1.165, 1.54) is 14.2 Å². The first-order valence-corrected chi connectivity index (χ1v) is 6.60. The molecule has 0 amide bonds. The molecule has 0 radical (unpaired) electrons. The van der Waals surface area contributed by atoms with Crippen LogP contribution in [0.4, 0.5) is 8.78 Å². The second-order valence-electron chi connectivity index (χ2n) is 5.10. The molecule has 1 aliphatic rings. The lowest BCUT2D eigenvalue weighted by Crippen LogP contribution is -2.28. The largest absolute Gasteiger partial charge is 0.497 e. The maximum absolute atomic E-state index is 13.1. The van der Waals surface area contributed by atoms with Crippen molar-refractivity contribution in [1.29, 1.82) is 0 Å². The number of hydrogen-bond acceptors (Lipinski definition) is 3. The van der Waals surface area contributed by atoms with E-state index in [0.717, 1.165) is 0 Å². The zero-order chi connectivity index (χ0) is 14.8. The summed E-state index contributed by atoms with van der Waals surface area (Å²) in [5.41, 5.74) is 0.455. The van der Waals surface area contributed by atoms with Crippen molar-refractivity contribution < 1.29 is 23.0 Å². The van der Waals surface area contributed by atoms with Crippen LogP contribution in [0.3, 0.4) is 0 Å². The van der Waals surface area contributed by atoms with Gasteiger partial charge in [0.05, 0.1) is 14.2 Å². The first-order valence-electron chi connectivity index (χ1n) is 6.60. The van der Waals surface area contributed by atoms with Crippen molar-refractivity contribution in [2.75, 3.05) is 14.2 Å². The van der Waals surface area contributed by atoms with Crippen LogP contribution in [0.2, 0.25) is 0 Å². The summed E-state index contributed by atoms with van der Waals surface area (Å²) in [7, 11) is 3.01. The fourth-order valence-corrected chi connectivity index (χ4v) is 2.49. The van der Waals surface area contributed by atoms with Crippen LogP contribution in [0.15, 0.2) is 18.2 Å². The molecule has 5 heteroatoms. The molecule has 0 unspecified atom stereocenters. The van der Waals surface area contributed by atoms with Crippen LogP contribution in [0.25, 0.3) is 0 Å². The number of alkyl halides is 2. The fraction of sp³-hybridized carbons (Fsp3) is 0.533. The van der Waals surface area contributed by atoms with Gasteiger partial charge in [-0.1, -0.05) is 0 Å². The Bertz CT molecular complexity index is 468. The van der Waals surface area contributed by atoms with Crippen LogP contribution in [0, 0.1) is 5.92 Å². The van der Waals surface area contributed by atoms with E-state index in [1.807, 2.05) is 0 Å². The molecule has 20 heavy (non-hydrogen) atoms. The predicted molar refractivity (Wildman–Crippen MR) is 70.8 cm³/mol. The highest BCUT2D eigenvalue weighted by atomic mass is 19.3. The van der Waals surface area contributed by atoms with Gasteiger partial charge in [0.15, 0.2) is 5.78 Å². The maximum atomic E-state index is 13.1. The average Bonchev–Trinajstić information content (AvgIpc) is 2.46. The smallest absolute Gasteiger partial charge is 0.248 e. The molecule has 3 nitrogen and oxygen atoms in total. The Morgan fingerprint density at radius 2 is 1.60 bits per heavy atom. The highest BCUT2D eigenvalue weighted by Gasteiger charge is 2.37. The molecule has 1 aromatic carbocycles. The lowest BCUT2D eigenvalue weighted by molar-refractivity contribution is -0.0424. The minimum absolute atomic E-state index is 0.113. The number of ether oxygens (including phenoxy) is 2. The summed E-state index contributed by atoms with van der Waals surface area (Å²) in [6.45, 7) is 0. The predicted octanol–water partition coefficient (Wildman–Crippen LogP) is 3.71. The molecule has 0 saturated heterocycles. The standard InChI is InChI=1S/C15H18F2O3/c1-19-12-7-11(8-13(9-12)20-2)14(18)10-3-5-15(16,17)6-4-10/h7-10H,3-6H2,1-2H3. The second kappa shape index (κ2) is 5.77. The maximum Gasteiger partial charge on any atom is 0.248 e. The van der Waals surface area contributed by atoms with Gasteiger partial charge < -0.3 is 9.47 Å². The lowest BCUT2D eigenvalue weighted by Gasteiger charge is -2.27. The number of methoxy groups -OCH3 is 2. The Morgan fingerprint density at radius 1 is 1.10 bits per heavy atom. The lowest BCUT2D eigenvalue weighted by atomic mass is 9.82. The van der Waals surface area contributed by atoms with Gasteiger partial charge in [0.1, 0.15) is 11.5 Å². The third-order valence-electron chi connectivity index (χ3n) is 3.72. The quantitative estimate of drug-likeness (QED) is 0.791. The van der Waals surface area contributed by atoms with Crippen molar-refractivity contribution in [3.8, 4) is 11.5 Å². The van der Waals surface area contributed by atoms with E-state index in [-0.39, 0.29) is 37.4 Å². The normalized spacial score (nSPS) is 18.6. The summed E-state index contributed by atoms with van der Waals surface area (Å²) in [5.74, 6) is -2.03. The van der Waals surface area contributed by atoms with E-state index >= 15 is 0 Å². The molecule has 1 saturated carbocycles. The van der Waals surface area contributed by atoms with Gasteiger partial charge in [-0.05, 0) is 25.0 Å². The molecule has 2 rings (SSSR count). The van der Waals surface area contributed by atoms with Crippen molar-refractivity contribution in [3.63, 3.8) is 0 Å². The number of ketones is 1. The van der Waals surface area contributed by atoms with Crippen LogP contribution < -0.4 is 9.47 Å². The average molecular weight is 284 g/mol. The molecular formula is C15H18F2O3. The zero-order valence-electron chi connectivity index (χ0n) is 11.6. The van der Waals surface area contributed by atoms with Gasteiger partial charge in [-0.25, -0.2) is 8.78 Å². The molecule has 0 aromatic heterocycles. The molecule has 0 spiro atoms. The molecule has 110 valence electrons. The van der Waals surface area contributed by atoms with Crippen LogP contribution in [0.5, 0.6) is 11.5 Å². The van der Waals surface area contributed by atoms with Gasteiger partial charge in [0.25, 0.3) is 0 Å². The molecular weight excluding hydrogens is 266 g/mol. The van der Waals surface area contributed by atoms with Gasteiger partial charge in [0.2, 0.25) is 5.92 Å². The number of benzene rings is 1. The number of Topliss-reactive ketones (excluding diaryl/α,β-unsaturated/α-hetero) is 1. The first-order chi connectivity index (χ1) is 9.45. The Morgan fingerprint density at radius 3 is 2.05 bits per heavy atom. The molecule has 0 heterocycles. The van der Waals surface area contributed by atoms with Crippen molar-refractivity contribution in [2.45, 2.75) is 31.6 Å². The van der Waals surface area contributed by atoms with Crippen LogP contribution in [0.1, 0.15) is 36.0 Å². The monoisotopic (exact) mass is 284 g/mol. The van der Waals surface area contributed by atoms with Gasteiger partial charge in [0, 0.05) is 30.4 Å². The summed E-state index contributed by atoms with van der Waals surface area (Å²) in [6.07, 6.45) is 0.0196. The zero-order valence-corrected chi connectivity index (χ0v) is 11.6. The van der Waals surface area contributed by atoms with Gasteiger partial charge in [-0.2, -0.15) is 0 Å². The van der Waals surface area contributed by atoms with E-state index in [0.29, 0.717) is 17.1 Å². The highest BCUT2D eigenvalue weighted by Crippen LogP contribution is 2.38. The van der Waals surface area contributed by atoms with E-state index in [1.54, 1.807) is 18.2 Å². The Balaban J connectivity index is 2.17. The Labute approximate surface area is 116 Å². The van der Waals surface area contributed by atoms with E-state index in [2.05, 4.69) is 0 Å². The SMILES string of the molecule is COc1cc(OC)cc(C(=O)C2CCC(F)(F)CC2)c1. The van der Waals surface area contributed by atoms with Crippen molar-refractivity contribution >= 4 is 5.78 Å². The summed E-state index contributed by atoms with van der Waals surface area (Å²) in [5, 5.41) is 0. The summed E-state index contributed by atoms with van der Waals surface area (Å²) >= 11 is 0. The molecule has 0 atom stereocenters. The molecule has 1 aliphatic carbocycles. The number of hydrogen-bond donors (Lipinski definition) is 0. The molecule has 1 aromatic rings. The fourth-order valence-electron chi connectivity index (χ4n) is 2.49. The third-order valence-corrected chi connectivity index (χ3v) is 3.72. The van der Waals surface area contributed by atoms with E-state index < -0.39 is 5.92 Å². The molecule has 1 fully saturated rings. The van der Waals surface area contributed by atoms with Crippen molar-refractivity contribution in [2.24, 2.45) is 5.92 Å². The van der Waals surface area contributed by atoms with Crippen molar-refractivity contribution in [1.82, 2.24) is 0 Å². The van der Waals surface area contributed by atoms with Gasteiger partial charge in [-0.15, -0.1) is 0 Å². The number of halogens is 2. The Hall–Kier alpha value is -1.65. The molecule has 0 aliphatic heterocycles. The highest BCUT2D eigenvalue weighted by molar-refractivity contribution is 5.98. The minimum atomic E-state index is -2.62. The number of carbonyl (C=O) groups is 1. The van der Waals surface area contributed by atoms with Gasteiger partial charge >= 0.3 is 0 Å². The van der Waals surface area contributed by atoms with Crippen molar-refractivity contribution in [3.05, 3.63) is 23.8 Å². The number of carbonyl (C=O) groups excluding carboxylic acids is 1. The van der Waals surface area contributed by atoms with Gasteiger partial charge in [-0.3, -0.25) is 4.79 Å². The minimum Gasteiger partial charge on any atom is -0.497 e. The van der Waals surface area contributed by atoms with E-state index in [4.69, 9.17) is 9.47 Å². The summed E-state index contributed by atoms with van der Waals surface area (Å²) in [6, 6.07) is 4.92.